The summed E-state index contributed by atoms with van der Waals surface area (Å²) in [7, 11) is 1.58. The number of benzene rings is 2. The average Bonchev–Trinajstić information content (AvgIpc) is 3.29. The van der Waals surface area contributed by atoms with Crippen LogP contribution in [0.2, 0.25) is 0 Å². The van der Waals surface area contributed by atoms with Crippen molar-refractivity contribution < 1.29 is 14.3 Å². The molecule has 0 bridgehead atoms. The number of nitrogens with zero attached hydrogens (tertiary/aromatic N) is 2. The molecule has 3 amide bonds. The number of hydrogen-bond acceptors (Lipinski definition) is 4. The molecule has 2 heterocycles. The van der Waals surface area contributed by atoms with Crippen LogP contribution < -0.4 is 15.0 Å². The van der Waals surface area contributed by atoms with Crippen LogP contribution in [0, 0.1) is 0 Å². The molecule has 1 aliphatic rings. The molecule has 0 saturated carbocycles. The van der Waals surface area contributed by atoms with Crippen molar-refractivity contribution in [3.05, 3.63) is 76.5 Å². The van der Waals surface area contributed by atoms with E-state index in [0.29, 0.717) is 43.2 Å². The molecule has 4 rings (SSSR count). The first-order valence-electron chi connectivity index (χ1n) is 10.2. The van der Waals surface area contributed by atoms with E-state index < -0.39 is 0 Å². The minimum absolute atomic E-state index is 0.0611. The van der Waals surface area contributed by atoms with E-state index in [-0.39, 0.29) is 11.9 Å². The van der Waals surface area contributed by atoms with Crippen LogP contribution in [0.5, 0.6) is 5.75 Å². The Hall–Kier alpha value is -3.32. The molecule has 6 nitrogen and oxygen atoms in total. The highest BCUT2D eigenvalue weighted by Crippen LogP contribution is 2.33. The summed E-state index contributed by atoms with van der Waals surface area (Å²) < 4.78 is 5.35. The predicted octanol–water partition coefficient (Wildman–Crippen LogP) is 4.77. The van der Waals surface area contributed by atoms with Gasteiger partial charge in [-0.05, 0) is 35.6 Å². The van der Waals surface area contributed by atoms with E-state index >= 15 is 0 Å². The molecule has 1 fully saturated rings. The van der Waals surface area contributed by atoms with Gasteiger partial charge in [0.25, 0.3) is 0 Å². The molecule has 31 heavy (non-hydrogen) atoms. The van der Waals surface area contributed by atoms with Gasteiger partial charge in [-0.1, -0.05) is 36.4 Å². The summed E-state index contributed by atoms with van der Waals surface area (Å²) in [5.41, 5.74) is 2.36. The van der Waals surface area contributed by atoms with Crippen LogP contribution >= 0.6 is 11.3 Å². The largest absolute Gasteiger partial charge is 0.497 e. The normalized spacial score (nSPS) is 13.9. The number of hydrogen-bond donors (Lipinski definition) is 1. The van der Waals surface area contributed by atoms with Crippen molar-refractivity contribution in [2.24, 2.45) is 0 Å². The first-order valence-corrected chi connectivity index (χ1v) is 11.1. The Balaban J connectivity index is 1.55. The third kappa shape index (κ3) is 5.06. The van der Waals surface area contributed by atoms with Crippen molar-refractivity contribution >= 4 is 34.6 Å². The van der Waals surface area contributed by atoms with Crippen molar-refractivity contribution in [3.63, 3.8) is 0 Å². The fraction of sp³-hybridized carbons (Fsp3) is 0.250. The standard InChI is InChI=1S/C24H25N3O3S/c1-30-19-10-11-22(21(15-19)25-23(28)16-20-9-5-14-31-20)27-13-6-12-26(24(27)29)17-18-7-3-2-4-8-18/h2-5,7-11,14-15H,6,12-13,16-17H2,1H3,(H,25,28). The summed E-state index contributed by atoms with van der Waals surface area (Å²) in [6.07, 6.45) is 1.15. The summed E-state index contributed by atoms with van der Waals surface area (Å²) in [6, 6.07) is 19.2. The molecule has 2 aromatic carbocycles. The second-order valence-corrected chi connectivity index (χ2v) is 8.41. The fourth-order valence-electron chi connectivity index (χ4n) is 3.70. The molecule has 1 saturated heterocycles. The van der Waals surface area contributed by atoms with E-state index in [2.05, 4.69) is 5.32 Å². The van der Waals surface area contributed by atoms with Crippen LogP contribution in [0.15, 0.2) is 66.0 Å². The molecule has 7 heteroatoms. The molecular formula is C24H25N3O3S. The minimum Gasteiger partial charge on any atom is -0.497 e. The summed E-state index contributed by atoms with van der Waals surface area (Å²) >= 11 is 1.55. The first-order chi connectivity index (χ1) is 15.1. The van der Waals surface area contributed by atoms with Gasteiger partial charge >= 0.3 is 6.03 Å². The second kappa shape index (κ2) is 9.66. The topological polar surface area (TPSA) is 61.9 Å². The van der Waals surface area contributed by atoms with Crippen molar-refractivity contribution in [2.75, 3.05) is 30.4 Å². The lowest BCUT2D eigenvalue weighted by atomic mass is 10.1. The molecule has 3 aromatic rings. The Morgan fingerprint density at radius 1 is 1.10 bits per heavy atom. The van der Waals surface area contributed by atoms with Gasteiger partial charge in [0.15, 0.2) is 0 Å². The Labute approximate surface area is 186 Å². The highest BCUT2D eigenvalue weighted by molar-refractivity contribution is 7.10. The lowest BCUT2D eigenvalue weighted by Crippen LogP contribution is -2.49. The van der Waals surface area contributed by atoms with Crippen LogP contribution in [-0.2, 0) is 17.8 Å². The smallest absolute Gasteiger partial charge is 0.324 e. The van der Waals surface area contributed by atoms with Gasteiger partial charge in [-0.15, -0.1) is 11.3 Å². The monoisotopic (exact) mass is 435 g/mol. The third-order valence-electron chi connectivity index (χ3n) is 5.21. The summed E-state index contributed by atoms with van der Waals surface area (Å²) in [5, 5.41) is 4.93. The van der Waals surface area contributed by atoms with Crippen molar-refractivity contribution in [3.8, 4) is 5.75 Å². The van der Waals surface area contributed by atoms with Gasteiger partial charge in [0, 0.05) is 30.6 Å². The van der Waals surface area contributed by atoms with E-state index in [1.165, 1.54) is 0 Å². The number of rotatable bonds is 7. The van der Waals surface area contributed by atoms with Gasteiger partial charge < -0.3 is 15.0 Å². The molecule has 1 aliphatic heterocycles. The third-order valence-corrected chi connectivity index (χ3v) is 6.09. The molecule has 0 spiro atoms. The SMILES string of the molecule is COc1ccc(N2CCCN(Cc3ccccc3)C2=O)c(NC(=O)Cc2cccs2)c1. The van der Waals surface area contributed by atoms with E-state index in [4.69, 9.17) is 4.74 Å². The van der Waals surface area contributed by atoms with Crippen molar-refractivity contribution in [2.45, 2.75) is 19.4 Å². The molecule has 1 N–H and O–H groups in total. The number of anilines is 2. The molecule has 160 valence electrons. The van der Waals surface area contributed by atoms with Gasteiger partial charge in [-0.2, -0.15) is 0 Å². The maximum absolute atomic E-state index is 13.3. The van der Waals surface area contributed by atoms with Gasteiger partial charge in [0.1, 0.15) is 5.75 Å². The van der Waals surface area contributed by atoms with Crippen LogP contribution in [0.4, 0.5) is 16.2 Å². The van der Waals surface area contributed by atoms with Crippen molar-refractivity contribution in [1.29, 1.82) is 0 Å². The quantitative estimate of drug-likeness (QED) is 0.581. The van der Waals surface area contributed by atoms with E-state index in [9.17, 15) is 9.59 Å². The van der Waals surface area contributed by atoms with E-state index in [1.807, 2.05) is 64.9 Å². The van der Waals surface area contributed by atoms with Crippen molar-refractivity contribution in [1.82, 2.24) is 4.90 Å². The van der Waals surface area contributed by atoms with Crippen LogP contribution in [0.1, 0.15) is 16.9 Å². The maximum atomic E-state index is 13.3. The highest BCUT2D eigenvalue weighted by Gasteiger charge is 2.29. The second-order valence-electron chi connectivity index (χ2n) is 7.38. The van der Waals surface area contributed by atoms with Gasteiger partial charge in [0.05, 0.1) is 24.9 Å². The zero-order valence-corrected chi connectivity index (χ0v) is 18.2. The minimum atomic E-state index is -0.123. The van der Waals surface area contributed by atoms with Crippen LogP contribution in [0.25, 0.3) is 0 Å². The number of ether oxygens (including phenoxy) is 1. The lowest BCUT2D eigenvalue weighted by molar-refractivity contribution is -0.115. The number of thiophene rings is 1. The Bertz CT molecular complexity index is 1040. The molecule has 1 aromatic heterocycles. The number of methoxy groups -OCH3 is 1. The maximum Gasteiger partial charge on any atom is 0.324 e. The number of carbonyl (C=O) groups is 2. The summed E-state index contributed by atoms with van der Waals surface area (Å²) in [5.74, 6) is 0.503. The summed E-state index contributed by atoms with van der Waals surface area (Å²) in [4.78, 5) is 30.5. The zero-order valence-electron chi connectivity index (χ0n) is 17.4. The predicted molar refractivity (Wildman–Crippen MR) is 124 cm³/mol. The van der Waals surface area contributed by atoms with E-state index in [1.54, 1.807) is 29.4 Å². The highest BCUT2D eigenvalue weighted by atomic mass is 32.1. The van der Waals surface area contributed by atoms with Crippen LogP contribution in [-0.4, -0.2) is 37.0 Å². The molecule has 0 radical (unpaired) electrons. The number of amides is 3. The van der Waals surface area contributed by atoms with Gasteiger partial charge in [0.2, 0.25) is 5.91 Å². The molecule has 0 unspecified atom stereocenters. The molecule has 0 atom stereocenters. The number of carbonyl (C=O) groups excluding carboxylic acids is 2. The Morgan fingerprint density at radius 2 is 1.94 bits per heavy atom. The molecular weight excluding hydrogens is 410 g/mol. The van der Waals surface area contributed by atoms with Crippen LogP contribution in [0.3, 0.4) is 0 Å². The lowest BCUT2D eigenvalue weighted by Gasteiger charge is -2.36. The van der Waals surface area contributed by atoms with Gasteiger partial charge in [-0.3, -0.25) is 9.69 Å². The Kier molecular flexibility index (Phi) is 6.52. The fourth-order valence-corrected chi connectivity index (χ4v) is 4.40. The van der Waals surface area contributed by atoms with Gasteiger partial charge in [-0.25, -0.2) is 4.79 Å². The summed E-state index contributed by atoms with van der Waals surface area (Å²) in [6.45, 7) is 1.87. The zero-order chi connectivity index (χ0) is 21.6. The van der Waals surface area contributed by atoms with E-state index in [0.717, 1.165) is 16.9 Å². The molecule has 0 aliphatic carbocycles. The first kappa shape index (κ1) is 20.9. The average molecular weight is 436 g/mol. The number of urea groups is 1. The Morgan fingerprint density at radius 3 is 2.68 bits per heavy atom. The number of nitrogens with one attached hydrogen (secondary N) is 1.